The molecule has 1 aliphatic heterocycles. The van der Waals surface area contributed by atoms with Crippen molar-refractivity contribution >= 4 is 0 Å². The van der Waals surface area contributed by atoms with E-state index < -0.39 is 11.7 Å². The molecule has 1 aromatic heterocycles. The smallest absolute Gasteiger partial charge is 0.314 e. The Morgan fingerprint density at radius 1 is 1.53 bits per heavy atom. The van der Waals surface area contributed by atoms with Gasteiger partial charge in [-0.3, -0.25) is 4.68 Å². The Bertz CT molecular complexity index is 350. The Balaban J connectivity index is 2.27. The van der Waals surface area contributed by atoms with Gasteiger partial charge in [0.2, 0.25) is 0 Å². The Labute approximate surface area is 85.3 Å². The summed E-state index contributed by atoms with van der Waals surface area (Å²) in [5.41, 5.74) is -1.01. The monoisotopic (exact) mass is 219 g/mol. The molecule has 1 aromatic rings. The molecule has 0 aliphatic carbocycles. The van der Waals surface area contributed by atoms with Crippen molar-refractivity contribution in [3.63, 3.8) is 0 Å². The number of hydrogen-bond donors (Lipinski definition) is 1. The van der Waals surface area contributed by atoms with Crippen LogP contribution >= 0.6 is 0 Å². The second-order valence-corrected chi connectivity index (χ2v) is 4.10. The van der Waals surface area contributed by atoms with Gasteiger partial charge in [-0.05, 0) is 19.9 Å². The molecule has 0 saturated carbocycles. The third-order valence-corrected chi connectivity index (χ3v) is 2.81. The Morgan fingerprint density at radius 2 is 2.27 bits per heavy atom. The highest BCUT2D eigenvalue weighted by Crippen LogP contribution is 2.31. The van der Waals surface area contributed by atoms with E-state index in [0.29, 0.717) is 6.54 Å². The molecule has 0 radical (unpaired) electrons. The molecule has 1 aliphatic rings. The van der Waals surface area contributed by atoms with Crippen LogP contribution in [0.15, 0.2) is 12.4 Å². The van der Waals surface area contributed by atoms with Crippen molar-refractivity contribution in [1.29, 1.82) is 0 Å². The lowest BCUT2D eigenvalue weighted by molar-refractivity contribution is -0.137. The lowest BCUT2D eigenvalue weighted by Gasteiger charge is -2.23. The van der Waals surface area contributed by atoms with Gasteiger partial charge in [0.15, 0.2) is 0 Å². The fourth-order valence-corrected chi connectivity index (χ4v) is 1.76. The molecule has 6 heteroatoms. The first kappa shape index (κ1) is 10.5. The number of hydrogen-bond acceptors (Lipinski definition) is 2. The summed E-state index contributed by atoms with van der Waals surface area (Å²) >= 11 is 0. The Morgan fingerprint density at radius 3 is 2.73 bits per heavy atom. The average molecular weight is 219 g/mol. The van der Waals surface area contributed by atoms with Crippen molar-refractivity contribution in [2.75, 3.05) is 13.1 Å². The summed E-state index contributed by atoms with van der Waals surface area (Å²) < 4.78 is 38.4. The van der Waals surface area contributed by atoms with Crippen molar-refractivity contribution in [2.45, 2.75) is 25.1 Å². The van der Waals surface area contributed by atoms with Crippen molar-refractivity contribution in [1.82, 2.24) is 15.1 Å². The van der Waals surface area contributed by atoms with Crippen LogP contribution in [0.3, 0.4) is 0 Å². The number of nitrogens with one attached hydrogen (secondary N) is 1. The SMILES string of the molecule is CC1(n2cc(C(F)(F)F)cn2)CCNC1. The first-order chi connectivity index (χ1) is 6.92. The fraction of sp³-hybridized carbons (Fsp3) is 0.667. The van der Waals surface area contributed by atoms with E-state index >= 15 is 0 Å². The van der Waals surface area contributed by atoms with E-state index in [4.69, 9.17) is 0 Å². The summed E-state index contributed by atoms with van der Waals surface area (Å²) in [4.78, 5) is 0. The zero-order chi connectivity index (χ0) is 11.1. The van der Waals surface area contributed by atoms with Crippen LogP contribution in [0.5, 0.6) is 0 Å². The number of alkyl halides is 3. The molecule has 15 heavy (non-hydrogen) atoms. The Kier molecular flexibility index (Phi) is 2.26. The van der Waals surface area contributed by atoms with Crippen LogP contribution in [0.4, 0.5) is 13.2 Å². The molecule has 1 atom stereocenters. The van der Waals surface area contributed by atoms with E-state index in [9.17, 15) is 13.2 Å². The van der Waals surface area contributed by atoms with Crippen LogP contribution in [-0.4, -0.2) is 22.9 Å². The molecule has 0 spiro atoms. The molecular formula is C9H12F3N3. The summed E-state index contributed by atoms with van der Waals surface area (Å²) in [6, 6.07) is 0. The highest BCUT2D eigenvalue weighted by Gasteiger charge is 2.36. The van der Waals surface area contributed by atoms with Gasteiger partial charge in [-0.1, -0.05) is 0 Å². The summed E-state index contributed by atoms with van der Waals surface area (Å²) in [6.45, 7) is 3.38. The van der Waals surface area contributed by atoms with E-state index in [1.807, 2.05) is 6.92 Å². The lowest BCUT2D eigenvalue weighted by Crippen LogP contribution is -2.32. The van der Waals surface area contributed by atoms with Crippen LogP contribution < -0.4 is 5.32 Å². The molecule has 1 fully saturated rings. The molecule has 1 saturated heterocycles. The lowest BCUT2D eigenvalue weighted by atomic mass is 10.0. The second kappa shape index (κ2) is 3.23. The van der Waals surface area contributed by atoms with Gasteiger partial charge in [-0.2, -0.15) is 18.3 Å². The average Bonchev–Trinajstić information content (AvgIpc) is 2.69. The van der Waals surface area contributed by atoms with E-state index in [1.54, 1.807) is 0 Å². The second-order valence-electron chi connectivity index (χ2n) is 4.10. The van der Waals surface area contributed by atoms with E-state index in [2.05, 4.69) is 10.4 Å². The quantitative estimate of drug-likeness (QED) is 0.777. The minimum absolute atomic E-state index is 0.330. The van der Waals surface area contributed by atoms with Gasteiger partial charge < -0.3 is 5.32 Å². The molecular weight excluding hydrogens is 207 g/mol. The van der Waals surface area contributed by atoms with E-state index in [0.717, 1.165) is 25.4 Å². The first-order valence-corrected chi connectivity index (χ1v) is 4.75. The zero-order valence-electron chi connectivity index (χ0n) is 8.30. The molecule has 0 aromatic carbocycles. The van der Waals surface area contributed by atoms with Crippen molar-refractivity contribution in [3.8, 4) is 0 Å². The van der Waals surface area contributed by atoms with Gasteiger partial charge in [0.25, 0.3) is 0 Å². The molecule has 84 valence electrons. The highest BCUT2D eigenvalue weighted by molar-refractivity contribution is 5.10. The maximum Gasteiger partial charge on any atom is 0.419 e. The van der Waals surface area contributed by atoms with E-state index in [1.165, 1.54) is 4.68 Å². The van der Waals surface area contributed by atoms with Crippen molar-refractivity contribution in [2.24, 2.45) is 0 Å². The number of nitrogens with zero attached hydrogens (tertiary/aromatic N) is 2. The van der Waals surface area contributed by atoms with E-state index in [-0.39, 0.29) is 5.54 Å². The van der Waals surface area contributed by atoms with Gasteiger partial charge in [-0.15, -0.1) is 0 Å². The predicted molar refractivity (Wildman–Crippen MR) is 48.4 cm³/mol. The van der Waals surface area contributed by atoms with Gasteiger partial charge >= 0.3 is 6.18 Å². The minimum atomic E-state index is -4.30. The van der Waals surface area contributed by atoms with Crippen LogP contribution in [0.1, 0.15) is 18.9 Å². The Hall–Kier alpha value is -1.04. The summed E-state index contributed by atoms with van der Waals surface area (Å²) in [5, 5.41) is 6.91. The van der Waals surface area contributed by atoms with Gasteiger partial charge in [0, 0.05) is 12.7 Å². The third kappa shape index (κ3) is 1.86. The molecule has 1 unspecified atom stereocenters. The summed E-state index contributed by atoms with van der Waals surface area (Å²) in [6.07, 6.45) is -1.55. The molecule has 0 bridgehead atoms. The van der Waals surface area contributed by atoms with Gasteiger partial charge in [0.1, 0.15) is 0 Å². The van der Waals surface area contributed by atoms with Crippen LogP contribution in [0.2, 0.25) is 0 Å². The molecule has 3 nitrogen and oxygen atoms in total. The predicted octanol–water partition coefficient (Wildman–Crippen LogP) is 1.61. The molecule has 1 N–H and O–H groups in total. The maximum absolute atomic E-state index is 12.3. The third-order valence-electron chi connectivity index (χ3n) is 2.81. The molecule has 0 amide bonds. The largest absolute Gasteiger partial charge is 0.419 e. The number of rotatable bonds is 1. The standard InChI is InChI=1S/C9H12F3N3/c1-8(2-3-13-6-8)15-5-7(4-14-15)9(10,11)12/h4-5,13H,2-3,6H2,1H3. The minimum Gasteiger partial charge on any atom is -0.314 e. The fourth-order valence-electron chi connectivity index (χ4n) is 1.76. The maximum atomic E-state index is 12.3. The van der Waals surface area contributed by atoms with Gasteiger partial charge in [-0.25, -0.2) is 0 Å². The molecule has 2 rings (SSSR count). The topological polar surface area (TPSA) is 29.9 Å². The summed E-state index contributed by atoms with van der Waals surface area (Å²) in [7, 11) is 0. The zero-order valence-corrected chi connectivity index (χ0v) is 8.30. The van der Waals surface area contributed by atoms with Crippen LogP contribution in [0, 0.1) is 0 Å². The number of aromatic nitrogens is 2. The first-order valence-electron chi connectivity index (χ1n) is 4.75. The van der Waals surface area contributed by atoms with Crippen molar-refractivity contribution < 1.29 is 13.2 Å². The number of halogens is 3. The van der Waals surface area contributed by atoms with Crippen molar-refractivity contribution in [3.05, 3.63) is 18.0 Å². The van der Waals surface area contributed by atoms with Gasteiger partial charge in [0.05, 0.1) is 17.3 Å². The van der Waals surface area contributed by atoms with Crippen LogP contribution in [0.25, 0.3) is 0 Å². The molecule has 2 heterocycles. The normalized spacial score (nSPS) is 27.2. The summed E-state index contributed by atoms with van der Waals surface area (Å²) in [5.74, 6) is 0. The highest BCUT2D eigenvalue weighted by atomic mass is 19.4. The van der Waals surface area contributed by atoms with Crippen LogP contribution in [-0.2, 0) is 11.7 Å².